The molecule has 2 aromatic rings. The van der Waals surface area contributed by atoms with E-state index in [1.165, 1.54) is 0 Å². The fourth-order valence-corrected chi connectivity index (χ4v) is 2.69. The van der Waals surface area contributed by atoms with Crippen LogP contribution >= 0.6 is 0 Å². The summed E-state index contributed by atoms with van der Waals surface area (Å²) >= 11 is 0. The van der Waals surface area contributed by atoms with Crippen molar-refractivity contribution in [2.45, 2.75) is 25.4 Å². The number of likely N-dealkylation sites (tertiary alicyclic amines) is 1. The van der Waals surface area contributed by atoms with Gasteiger partial charge in [-0.25, -0.2) is 4.68 Å². The zero-order valence-electron chi connectivity index (χ0n) is 12.6. The molecule has 1 fully saturated rings. The van der Waals surface area contributed by atoms with E-state index in [0.717, 1.165) is 31.6 Å². The van der Waals surface area contributed by atoms with E-state index in [1.54, 1.807) is 17.1 Å². The van der Waals surface area contributed by atoms with Crippen molar-refractivity contribution in [3.8, 4) is 0 Å². The molecule has 7 nitrogen and oxygen atoms in total. The Morgan fingerprint density at radius 3 is 3.14 bits per heavy atom. The lowest BCUT2D eigenvalue weighted by molar-refractivity contribution is 0.0692. The number of rotatable bonds is 4. The van der Waals surface area contributed by atoms with Crippen LogP contribution in [0, 0.1) is 0 Å². The number of nitrogens with one attached hydrogen (secondary N) is 1. The third kappa shape index (κ3) is 3.30. The Bertz CT molecular complexity index is 626. The van der Waals surface area contributed by atoms with Gasteiger partial charge in [0.1, 0.15) is 0 Å². The molecule has 116 valence electrons. The first-order chi connectivity index (χ1) is 10.8. The predicted molar refractivity (Wildman–Crippen MR) is 81.3 cm³/mol. The molecule has 1 amide bonds. The predicted octanol–water partition coefficient (Wildman–Crippen LogP) is 0.545. The SMILES string of the molecule is CNC1CCCN(C(=O)c2cn(Cc3ccccn3)nn2)C1. The van der Waals surface area contributed by atoms with Crippen LogP contribution in [0.15, 0.2) is 30.6 Å². The summed E-state index contributed by atoms with van der Waals surface area (Å²) in [6.45, 7) is 2.02. The van der Waals surface area contributed by atoms with Gasteiger partial charge in [0.15, 0.2) is 5.69 Å². The highest BCUT2D eigenvalue weighted by Crippen LogP contribution is 2.12. The average molecular weight is 300 g/mol. The standard InChI is InChI=1S/C15H20N6O/c1-16-12-6-4-8-20(9-12)15(22)14-11-21(19-18-14)10-13-5-2-3-7-17-13/h2-3,5,7,11-12,16H,4,6,8-10H2,1H3. The summed E-state index contributed by atoms with van der Waals surface area (Å²) in [6.07, 6.45) is 5.55. The van der Waals surface area contributed by atoms with E-state index in [-0.39, 0.29) is 5.91 Å². The first-order valence-electron chi connectivity index (χ1n) is 7.53. The van der Waals surface area contributed by atoms with E-state index in [4.69, 9.17) is 0 Å². The van der Waals surface area contributed by atoms with Crippen LogP contribution in [0.25, 0.3) is 0 Å². The molecule has 3 heterocycles. The van der Waals surface area contributed by atoms with Crippen LogP contribution in [-0.2, 0) is 6.54 Å². The smallest absolute Gasteiger partial charge is 0.276 e. The van der Waals surface area contributed by atoms with Gasteiger partial charge in [-0.15, -0.1) is 5.10 Å². The maximum absolute atomic E-state index is 12.5. The molecule has 1 atom stereocenters. The Morgan fingerprint density at radius 1 is 1.45 bits per heavy atom. The molecule has 1 aliphatic heterocycles. The van der Waals surface area contributed by atoms with Crippen molar-refractivity contribution < 1.29 is 4.79 Å². The number of nitrogens with zero attached hydrogens (tertiary/aromatic N) is 5. The second-order valence-corrected chi connectivity index (χ2v) is 5.50. The monoisotopic (exact) mass is 300 g/mol. The summed E-state index contributed by atoms with van der Waals surface area (Å²) in [5.74, 6) is -0.0489. The van der Waals surface area contributed by atoms with Crippen molar-refractivity contribution in [3.63, 3.8) is 0 Å². The van der Waals surface area contributed by atoms with Crippen LogP contribution in [0.2, 0.25) is 0 Å². The fourth-order valence-electron chi connectivity index (χ4n) is 2.69. The molecular formula is C15H20N6O. The number of piperidine rings is 1. The highest BCUT2D eigenvalue weighted by molar-refractivity contribution is 5.92. The molecule has 1 saturated heterocycles. The third-order valence-corrected chi connectivity index (χ3v) is 3.92. The molecule has 1 aliphatic rings. The number of carbonyl (C=O) groups is 1. The van der Waals surface area contributed by atoms with Gasteiger partial charge in [0.25, 0.3) is 5.91 Å². The minimum atomic E-state index is -0.0489. The van der Waals surface area contributed by atoms with Gasteiger partial charge in [0.05, 0.1) is 18.4 Å². The van der Waals surface area contributed by atoms with Crippen LogP contribution in [0.4, 0.5) is 0 Å². The Kier molecular flexibility index (Phi) is 4.43. The first-order valence-corrected chi connectivity index (χ1v) is 7.53. The van der Waals surface area contributed by atoms with Crippen LogP contribution < -0.4 is 5.32 Å². The molecule has 7 heteroatoms. The molecule has 0 aromatic carbocycles. The molecule has 22 heavy (non-hydrogen) atoms. The Labute approximate surface area is 129 Å². The van der Waals surface area contributed by atoms with E-state index in [1.807, 2.05) is 30.1 Å². The number of amides is 1. The van der Waals surface area contributed by atoms with Gasteiger partial charge in [-0.05, 0) is 32.0 Å². The second-order valence-electron chi connectivity index (χ2n) is 5.50. The van der Waals surface area contributed by atoms with Crippen molar-refractivity contribution in [3.05, 3.63) is 42.0 Å². The van der Waals surface area contributed by atoms with Crippen LogP contribution in [-0.4, -0.2) is 57.0 Å². The molecule has 0 aliphatic carbocycles. The van der Waals surface area contributed by atoms with Gasteiger partial charge in [-0.2, -0.15) is 0 Å². The van der Waals surface area contributed by atoms with Crippen LogP contribution in [0.5, 0.6) is 0 Å². The molecule has 0 radical (unpaired) electrons. The number of likely N-dealkylation sites (N-methyl/N-ethyl adjacent to an activating group) is 1. The van der Waals surface area contributed by atoms with E-state index in [9.17, 15) is 4.79 Å². The van der Waals surface area contributed by atoms with Gasteiger partial charge in [0, 0.05) is 25.3 Å². The fraction of sp³-hybridized carbons (Fsp3) is 0.467. The van der Waals surface area contributed by atoms with Gasteiger partial charge in [-0.3, -0.25) is 9.78 Å². The summed E-state index contributed by atoms with van der Waals surface area (Å²) in [5, 5.41) is 11.3. The zero-order chi connectivity index (χ0) is 15.4. The lowest BCUT2D eigenvalue weighted by Crippen LogP contribution is -2.47. The van der Waals surface area contributed by atoms with Crippen LogP contribution in [0.3, 0.4) is 0 Å². The minimum Gasteiger partial charge on any atom is -0.336 e. The molecule has 3 rings (SSSR count). The highest BCUT2D eigenvalue weighted by atomic mass is 16.2. The molecule has 1 N–H and O–H groups in total. The number of hydrogen-bond acceptors (Lipinski definition) is 5. The van der Waals surface area contributed by atoms with Crippen molar-refractivity contribution in [1.29, 1.82) is 0 Å². The summed E-state index contributed by atoms with van der Waals surface area (Å²) in [6, 6.07) is 6.08. The Morgan fingerprint density at radius 2 is 2.36 bits per heavy atom. The summed E-state index contributed by atoms with van der Waals surface area (Å²) in [5.41, 5.74) is 1.28. The van der Waals surface area contributed by atoms with Gasteiger partial charge in [0.2, 0.25) is 0 Å². The Balaban J connectivity index is 1.66. The molecule has 2 aromatic heterocycles. The van der Waals surface area contributed by atoms with Crippen molar-refractivity contribution in [2.75, 3.05) is 20.1 Å². The molecule has 1 unspecified atom stereocenters. The summed E-state index contributed by atoms with van der Waals surface area (Å²) in [4.78, 5) is 18.6. The number of aromatic nitrogens is 4. The van der Waals surface area contributed by atoms with Crippen molar-refractivity contribution in [2.24, 2.45) is 0 Å². The topological polar surface area (TPSA) is 75.9 Å². The largest absolute Gasteiger partial charge is 0.336 e. The van der Waals surface area contributed by atoms with E-state index in [0.29, 0.717) is 18.3 Å². The Hall–Kier alpha value is -2.28. The maximum atomic E-state index is 12.5. The second kappa shape index (κ2) is 6.65. The third-order valence-electron chi connectivity index (χ3n) is 3.92. The normalized spacial score (nSPS) is 18.4. The van der Waals surface area contributed by atoms with E-state index in [2.05, 4.69) is 20.6 Å². The van der Waals surface area contributed by atoms with Gasteiger partial charge in [-0.1, -0.05) is 11.3 Å². The summed E-state index contributed by atoms with van der Waals surface area (Å²) < 4.78 is 1.65. The lowest BCUT2D eigenvalue weighted by atomic mass is 10.1. The van der Waals surface area contributed by atoms with Crippen molar-refractivity contribution >= 4 is 5.91 Å². The highest BCUT2D eigenvalue weighted by Gasteiger charge is 2.25. The number of carbonyl (C=O) groups excluding carboxylic acids is 1. The van der Waals surface area contributed by atoms with E-state index >= 15 is 0 Å². The number of hydrogen-bond donors (Lipinski definition) is 1. The van der Waals surface area contributed by atoms with E-state index < -0.39 is 0 Å². The molecule has 0 saturated carbocycles. The minimum absolute atomic E-state index is 0.0489. The summed E-state index contributed by atoms with van der Waals surface area (Å²) in [7, 11) is 1.93. The molecule has 0 bridgehead atoms. The first kappa shape index (κ1) is 14.6. The number of pyridine rings is 1. The maximum Gasteiger partial charge on any atom is 0.276 e. The van der Waals surface area contributed by atoms with Crippen LogP contribution in [0.1, 0.15) is 29.0 Å². The lowest BCUT2D eigenvalue weighted by Gasteiger charge is -2.31. The zero-order valence-corrected chi connectivity index (χ0v) is 12.6. The molecule has 0 spiro atoms. The quantitative estimate of drug-likeness (QED) is 0.892. The van der Waals surface area contributed by atoms with Gasteiger partial charge >= 0.3 is 0 Å². The van der Waals surface area contributed by atoms with Crippen molar-refractivity contribution in [1.82, 2.24) is 30.2 Å². The average Bonchev–Trinajstić information content (AvgIpc) is 3.03. The molecular weight excluding hydrogens is 280 g/mol. The van der Waals surface area contributed by atoms with Gasteiger partial charge < -0.3 is 10.2 Å².